The maximum Gasteiger partial charge on any atom is 0.255 e. The number of aromatic nitrogens is 2. The Morgan fingerprint density at radius 1 is 1.06 bits per heavy atom. The number of ether oxygens (including phenoxy) is 1. The molecule has 0 aliphatic carbocycles. The first-order valence-electron chi connectivity index (χ1n) is 10.8. The van der Waals surface area contributed by atoms with Crippen LogP contribution in [-0.4, -0.2) is 54.0 Å². The Labute approximate surface area is 189 Å². The van der Waals surface area contributed by atoms with Crippen LogP contribution >= 0.6 is 0 Å². The third-order valence-electron chi connectivity index (χ3n) is 5.66. The largest absolute Gasteiger partial charge is 0.488 e. The van der Waals surface area contributed by atoms with Crippen LogP contribution in [0, 0.1) is 13.8 Å². The van der Waals surface area contributed by atoms with Gasteiger partial charge in [-0.1, -0.05) is 6.07 Å². The van der Waals surface area contributed by atoms with Crippen LogP contribution in [0.2, 0.25) is 0 Å². The molecular formula is C25H29N5O2. The highest BCUT2D eigenvalue weighted by Crippen LogP contribution is 2.26. The molecule has 32 heavy (non-hydrogen) atoms. The Morgan fingerprint density at radius 2 is 1.81 bits per heavy atom. The van der Waals surface area contributed by atoms with Crippen molar-refractivity contribution in [3.05, 3.63) is 77.2 Å². The fourth-order valence-corrected chi connectivity index (χ4v) is 3.83. The molecule has 2 aromatic heterocycles. The van der Waals surface area contributed by atoms with E-state index in [1.165, 1.54) is 0 Å². The predicted octanol–water partition coefficient (Wildman–Crippen LogP) is 3.68. The number of aryl methyl sites for hydroxylation is 2. The molecule has 1 aliphatic rings. The second kappa shape index (κ2) is 9.78. The summed E-state index contributed by atoms with van der Waals surface area (Å²) in [6.45, 7) is 8.32. The summed E-state index contributed by atoms with van der Waals surface area (Å²) < 4.78 is 5.99. The fraction of sp³-hybridized carbons (Fsp3) is 0.320. The Morgan fingerprint density at radius 3 is 2.44 bits per heavy atom. The van der Waals surface area contributed by atoms with Crippen LogP contribution < -0.4 is 15.0 Å². The van der Waals surface area contributed by atoms with E-state index in [0.29, 0.717) is 17.9 Å². The van der Waals surface area contributed by atoms with E-state index in [-0.39, 0.29) is 5.91 Å². The van der Waals surface area contributed by atoms with Crippen LogP contribution in [-0.2, 0) is 6.61 Å². The molecule has 0 bridgehead atoms. The minimum Gasteiger partial charge on any atom is -0.488 e. The van der Waals surface area contributed by atoms with Gasteiger partial charge in [-0.15, -0.1) is 0 Å². The van der Waals surface area contributed by atoms with E-state index < -0.39 is 0 Å². The Bertz CT molecular complexity index is 1040. The lowest BCUT2D eigenvalue weighted by Crippen LogP contribution is -2.44. The van der Waals surface area contributed by atoms with Crippen molar-refractivity contribution in [1.29, 1.82) is 0 Å². The molecule has 3 heterocycles. The number of pyridine rings is 2. The van der Waals surface area contributed by atoms with E-state index in [4.69, 9.17) is 4.74 Å². The third-order valence-corrected chi connectivity index (χ3v) is 5.66. The van der Waals surface area contributed by atoms with Crippen molar-refractivity contribution < 1.29 is 9.53 Å². The van der Waals surface area contributed by atoms with Gasteiger partial charge in [0, 0.05) is 49.7 Å². The van der Waals surface area contributed by atoms with Gasteiger partial charge in [-0.05, 0) is 62.4 Å². The molecule has 0 unspecified atom stereocenters. The first kappa shape index (κ1) is 21.8. The van der Waals surface area contributed by atoms with Crippen LogP contribution in [0.15, 0.2) is 55.0 Å². The quantitative estimate of drug-likeness (QED) is 0.642. The SMILES string of the molecule is Cc1cc(C(=O)Nc2ccc(N3CCN(C)CC3)nc2)cc(C)c1OCc1cccnc1. The number of nitrogens with zero attached hydrogens (tertiary/aromatic N) is 4. The van der Waals surface area contributed by atoms with Crippen molar-refractivity contribution in [1.82, 2.24) is 14.9 Å². The van der Waals surface area contributed by atoms with Crippen LogP contribution in [0.1, 0.15) is 27.0 Å². The number of rotatable bonds is 6. The van der Waals surface area contributed by atoms with Crippen LogP contribution in [0.4, 0.5) is 11.5 Å². The minimum atomic E-state index is -0.163. The molecule has 0 radical (unpaired) electrons. The van der Waals surface area contributed by atoms with Crippen molar-refractivity contribution in [3.63, 3.8) is 0 Å². The lowest BCUT2D eigenvalue weighted by atomic mass is 10.0. The van der Waals surface area contributed by atoms with Gasteiger partial charge in [0.1, 0.15) is 18.2 Å². The summed E-state index contributed by atoms with van der Waals surface area (Å²) in [5, 5.41) is 2.95. The van der Waals surface area contributed by atoms with Gasteiger partial charge in [-0.25, -0.2) is 4.98 Å². The molecule has 7 heteroatoms. The molecule has 0 atom stereocenters. The highest BCUT2D eigenvalue weighted by Gasteiger charge is 2.16. The normalized spacial score (nSPS) is 14.3. The summed E-state index contributed by atoms with van der Waals surface area (Å²) >= 11 is 0. The molecule has 1 saturated heterocycles. The molecule has 1 amide bonds. The predicted molar refractivity (Wildman–Crippen MR) is 126 cm³/mol. The van der Waals surface area contributed by atoms with Gasteiger partial charge in [-0.2, -0.15) is 0 Å². The van der Waals surface area contributed by atoms with Crippen molar-refractivity contribution in [2.75, 3.05) is 43.4 Å². The number of nitrogens with one attached hydrogen (secondary N) is 1. The number of carbonyl (C=O) groups excluding carboxylic acids is 1. The van der Waals surface area contributed by atoms with Crippen molar-refractivity contribution in [3.8, 4) is 5.75 Å². The van der Waals surface area contributed by atoms with Crippen LogP contribution in [0.3, 0.4) is 0 Å². The zero-order valence-corrected chi connectivity index (χ0v) is 18.8. The fourth-order valence-electron chi connectivity index (χ4n) is 3.83. The molecule has 4 rings (SSSR count). The molecule has 1 fully saturated rings. The van der Waals surface area contributed by atoms with Gasteiger partial charge >= 0.3 is 0 Å². The number of anilines is 2. The molecule has 0 saturated carbocycles. The smallest absolute Gasteiger partial charge is 0.255 e. The Balaban J connectivity index is 1.39. The van der Waals surface area contributed by atoms with E-state index in [0.717, 1.165) is 54.4 Å². The van der Waals surface area contributed by atoms with Crippen LogP contribution in [0.5, 0.6) is 5.75 Å². The van der Waals surface area contributed by atoms with Crippen molar-refractivity contribution in [2.45, 2.75) is 20.5 Å². The second-order valence-corrected chi connectivity index (χ2v) is 8.24. The second-order valence-electron chi connectivity index (χ2n) is 8.24. The van der Waals surface area contributed by atoms with Crippen molar-refractivity contribution >= 4 is 17.4 Å². The standard InChI is InChI=1S/C25H29N5O2/c1-18-13-21(14-19(2)24(18)32-17-20-5-4-8-26-15-20)25(31)28-22-6-7-23(27-16-22)30-11-9-29(3)10-12-30/h4-8,13-16H,9-12,17H2,1-3H3,(H,28,31). The molecule has 1 N–H and O–H groups in total. The summed E-state index contributed by atoms with van der Waals surface area (Å²) in [6.07, 6.45) is 5.25. The van der Waals surface area contributed by atoms with E-state index >= 15 is 0 Å². The number of benzene rings is 1. The average molecular weight is 432 g/mol. The molecule has 7 nitrogen and oxygen atoms in total. The molecular weight excluding hydrogens is 402 g/mol. The first-order chi connectivity index (χ1) is 15.5. The summed E-state index contributed by atoms with van der Waals surface area (Å²) in [5.41, 5.74) is 4.11. The number of piperazine rings is 1. The number of hydrogen-bond acceptors (Lipinski definition) is 6. The summed E-state index contributed by atoms with van der Waals surface area (Å²) in [7, 11) is 2.13. The number of likely N-dealkylation sites (N-methyl/N-ethyl adjacent to an activating group) is 1. The maximum absolute atomic E-state index is 12.8. The Hall–Kier alpha value is -3.45. The third kappa shape index (κ3) is 5.23. The zero-order chi connectivity index (χ0) is 22.5. The van der Waals surface area contributed by atoms with Gasteiger partial charge in [0.15, 0.2) is 0 Å². The van der Waals surface area contributed by atoms with Gasteiger partial charge in [0.25, 0.3) is 5.91 Å². The van der Waals surface area contributed by atoms with E-state index in [1.54, 1.807) is 18.6 Å². The topological polar surface area (TPSA) is 70.6 Å². The lowest BCUT2D eigenvalue weighted by molar-refractivity contribution is 0.102. The van der Waals surface area contributed by atoms with Crippen LogP contribution in [0.25, 0.3) is 0 Å². The average Bonchev–Trinajstić information content (AvgIpc) is 2.80. The maximum atomic E-state index is 12.8. The summed E-state index contributed by atoms with van der Waals surface area (Å²) in [6, 6.07) is 11.4. The molecule has 1 aliphatic heterocycles. The van der Waals surface area contributed by atoms with Gasteiger partial charge < -0.3 is 19.9 Å². The van der Waals surface area contributed by atoms with Gasteiger partial charge in [0.05, 0.1) is 11.9 Å². The number of hydrogen-bond donors (Lipinski definition) is 1. The van der Waals surface area contributed by atoms with Crippen molar-refractivity contribution in [2.24, 2.45) is 0 Å². The molecule has 1 aromatic carbocycles. The highest BCUT2D eigenvalue weighted by atomic mass is 16.5. The zero-order valence-electron chi connectivity index (χ0n) is 18.8. The highest BCUT2D eigenvalue weighted by molar-refractivity contribution is 6.04. The van der Waals surface area contributed by atoms with E-state index in [2.05, 4.69) is 32.1 Å². The van der Waals surface area contributed by atoms with Gasteiger partial charge in [0.2, 0.25) is 0 Å². The number of carbonyl (C=O) groups is 1. The Kier molecular flexibility index (Phi) is 6.66. The van der Waals surface area contributed by atoms with E-state index in [1.807, 2.05) is 50.2 Å². The number of amides is 1. The molecule has 166 valence electrons. The minimum absolute atomic E-state index is 0.163. The summed E-state index contributed by atoms with van der Waals surface area (Å²) in [5.74, 6) is 1.57. The summed E-state index contributed by atoms with van der Waals surface area (Å²) in [4.78, 5) is 26.1. The van der Waals surface area contributed by atoms with E-state index in [9.17, 15) is 4.79 Å². The first-order valence-corrected chi connectivity index (χ1v) is 10.8. The lowest BCUT2D eigenvalue weighted by Gasteiger charge is -2.33. The monoisotopic (exact) mass is 431 g/mol. The molecule has 3 aromatic rings. The van der Waals surface area contributed by atoms with Gasteiger partial charge in [-0.3, -0.25) is 9.78 Å². The molecule has 0 spiro atoms.